The van der Waals surface area contributed by atoms with E-state index in [1.807, 2.05) is 64.8 Å². The number of nitrogens with zero attached hydrogens (tertiary/aromatic N) is 7. The lowest BCUT2D eigenvalue weighted by Gasteiger charge is -2.37. The van der Waals surface area contributed by atoms with Crippen LogP contribution in [0.1, 0.15) is 25.7 Å². The van der Waals surface area contributed by atoms with Crippen molar-refractivity contribution in [2.45, 2.75) is 32.5 Å². The highest BCUT2D eigenvalue weighted by molar-refractivity contribution is 5.85. The fourth-order valence-electron chi connectivity index (χ4n) is 4.25. The number of hydrazine groups is 1. The summed E-state index contributed by atoms with van der Waals surface area (Å²) in [6, 6.07) is 2.65. The fourth-order valence-corrected chi connectivity index (χ4v) is 4.25. The molecule has 0 aromatic carbocycles. The Morgan fingerprint density at radius 2 is 2.07 bits per heavy atom. The van der Waals surface area contributed by atoms with E-state index in [-0.39, 0.29) is 18.0 Å². The largest absolute Gasteiger partial charge is 0.329 e. The van der Waals surface area contributed by atoms with E-state index in [0.717, 1.165) is 11.3 Å². The molecule has 5 heterocycles. The van der Waals surface area contributed by atoms with Crippen molar-refractivity contribution in [3.8, 4) is 11.4 Å². The van der Waals surface area contributed by atoms with Crippen molar-refractivity contribution in [1.82, 2.24) is 34.7 Å². The van der Waals surface area contributed by atoms with Crippen LogP contribution >= 0.6 is 0 Å². The maximum atomic E-state index is 14.2. The molecule has 5 rings (SSSR count). The topological polar surface area (TPSA) is 70.4 Å². The first-order valence-corrected chi connectivity index (χ1v) is 9.90. The van der Waals surface area contributed by atoms with E-state index in [1.54, 1.807) is 12.1 Å². The highest BCUT2D eigenvalue weighted by atomic mass is 19.1. The summed E-state index contributed by atoms with van der Waals surface area (Å²) >= 11 is 0. The number of halogens is 1. The lowest BCUT2D eigenvalue weighted by atomic mass is 10.1. The van der Waals surface area contributed by atoms with Gasteiger partial charge in [0.25, 0.3) is 0 Å². The Balaban J connectivity index is 1.42. The number of hydrogen-bond donors (Lipinski definition) is 0. The number of allylic oxidation sites excluding steroid dienone is 3. The second kappa shape index (κ2) is 6.88. The third kappa shape index (κ3) is 2.77. The van der Waals surface area contributed by atoms with Gasteiger partial charge < -0.3 is 9.47 Å². The third-order valence-electron chi connectivity index (χ3n) is 5.90. The summed E-state index contributed by atoms with van der Waals surface area (Å²) in [5.41, 5.74) is 2.43. The molecule has 0 saturated heterocycles. The van der Waals surface area contributed by atoms with Crippen LogP contribution in [-0.4, -0.2) is 60.2 Å². The van der Waals surface area contributed by atoms with Crippen LogP contribution in [0.25, 0.3) is 11.4 Å². The van der Waals surface area contributed by atoms with Gasteiger partial charge in [0.05, 0.1) is 17.3 Å². The second-order valence-corrected chi connectivity index (χ2v) is 7.74. The molecule has 8 nitrogen and oxygen atoms in total. The Hall–Kier alpha value is -3.33. The molecule has 0 aliphatic carbocycles. The summed E-state index contributed by atoms with van der Waals surface area (Å²) in [5, 5.41) is 12.4. The number of rotatable bonds is 2. The van der Waals surface area contributed by atoms with Gasteiger partial charge in [-0.25, -0.2) is 9.99 Å². The number of amides is 1. The summed E-state index contributed by atoms with van der Waals surface area (Å²) in [4.78, 5) is 19.0. The first-order valence-electron chi connectivity index (χ1n) is 9.90. The molecule has 2 aromatic rings. The molecule has 154 valence electrons. The van der Waals surface area contributed by atoms with Gasteiger partial charge in [0.2, 0.25) is 11.9 Å². The van der Waals surface area contributed by atoms with E-state index < -0.39 is 5.95 Å². The molecule has 2 aromatic heterocycles. The minimum Gasteiger partial charge on any atom is -0.329 e. The molecule has 2 unspecified atom stereocenters. The number of pyridine rings is 1. The maximum Gasteiger partial charge on any atom is 0.246 e. The number of carbonyl (C=O) groups excluding carboxylic acids is 1. The Kier molecular flexibility index (Phi) is 4.28. The molecule has 3 aliphatic heterocycles. The summed E-state index contributed by atoms with van der Waals surface area (Å²) in [7, 11) is 1.91. The minimum atomic E-state index is -0.578. The molecular weight excluding hydrogens is 385 g/mol. The van der Waals surface area contributed by atoms with Crippen molar-refractivity contribution in [2.75, 3.05) is 13.6 Å². The number of aromatic nitrogens is 4. The van der Waals surface area contributed by atoms with Gasteiger partial charge in [-0.2, -0.15) is 4.39 Å². The Labute approximate surface area is 173 Å². The molecule has 3 aliphatic rings. The van der Waals surface area contributed by atoms with E-state index in [1.165, 1.54) is 6.20 Å². The summed E-state index contributed by atoms with van der Waals surface area (Å²) in [6.07, 6.45) is 9.45. The molecule has 0 spiro atoms. The molecular formula is C21H22FN7O. The van der Waals surface area contributed by atoms with Crippen molar-refractivity contribution >= 4 is 5.91 Å². The van der Waals surface area contributed by atoms with Gasteiger partial charge in [-0.15, -0.1) is 10.2 Å². The number of carbonyl (C=O) groups is 1. The third-order valence-corrected chi connectivity index (χ3v) is 5.90. The molecule has 0 N–H and O–H groups in total. The molecule has 0 radical (unpaired) electrons. The van der Waals surface area contributed by atoms with Crippen molar-refractivity contribution < 1.29 is 9.18 Å². The molecule has 0 fully saturated rings. The van der Waals surface area contributed by atoms with Crippen molar-refractivity contribution in [3.05, 3.63) is 65.8 Å². The van der Waals surface area contributed by atoms with Gasteiger partial charge in [-0.05, 0) is 43.7 Å². The zero-order chi connectivity index (χ0) is 21.0. The van der Waals surface area contributed by atoms with E-state index in [4.69, 9.17) is 0 Å². The quantitative estimate of drug-likeness (QED) is 0.712. The molecule has 0 saturated carbocycles. The maximum absolute atomic E-state index is 14.2. The van der Waals surface area contributed by atoms with Gasteiger partial charge >= 0.3 is 0 Å². The summed E-state index contributed by atoms with van der Waals surface area (Å²) < 4.78 is 16.0. The fraction of sp³-hybridized carbons (Fsp3) is 0.333. The zero-order valence-electron chi connectivity index (χ0n) is 17.0. The lowest BCUT2D eigenvalue weighted by Crippen LogP contribution is -2.50. The van der Waals surface area contributed by atoms with Crippen LogP contribution < -0.4 is 0 Å². The van der Waals surface area contributed by atoms with Crippen LogP contribution in [0.5, 0.6) is 0 Å². The number of likely N-dealkylation sites (N-methyl/N-ethyl adjacent to an activating group) is 1. The van der Waals surface area contributed by atoms with Gasteiger partial charge in [0.15, 0.2) is 11.6 Å². The number of hydrogen-bond acceptors (Lipinski definition) is 6. The predicted molar refractivity (Wildman–Crippen MR) is 108 cm³/mol. The van der Waals surface area contributed by atoms with Crippen LogP contribution in [0.3, 0.4) is 0 Å². The Bertz CT molecular complexity index is 1120. The van der Waals surface area contributed by atoms with Gasteiger partial charge in [0.1, 0.15) is 6.04 Å². The second-order valence-electron chi connectivity index (χ2n) is 7.74. The SMILES string of the molecule is CC1=CN2C(=CC(C(=O)N3CCn4c(-c5cccnc5F)nnc4C3C)N2C)C=C1. The predicted octanol–water partition coefficient (Wildman–Crippen LogP) is 2.27. The highest BCUT2D eigenvalue weighted by Gasteiger charge is 2.40. The smallest absolute Gasteiger partial charge is 0.246 e. The van der Waals surface area contributed by atoms with Crippen LogP contribution in [0.15, 0.2) is 54.0 Å². The first kappa shape index (κ1) is 18.7. The molecule has 1 amide bonds. The standard InChI is InChI=1S/C21H22FN7O/c1-13-6-7-15-11-17(26(3)29(15)12-13)21(30)27-9-10-28-19(14(27)2)24-25-20(28)16-5-4-8-23-18(16)22/h4-8,11-12,14,17H,9-10H2,1-3H3. The molecule has 0 bridgehead atoms. The van der Waals surface area contributed by atoms with E-state index >= 15 is 0 Å². The van der Waals surface area contributed by atoms with Crippen molar-refractivity contribution in [2.24, 2.45) is 0 Å². The monoisotopic (exact) mass is 407 g/mol. The van der Waals surface area contributed by atoms with Gasteiger partial charge in [0, 0.05) is 32.5 Å². The van der Waals surface area contributed by atoms with E-state index in [9.17, 15) is 9.18 Å². The zero-order valence-corrected chi connectivity index (χ0v) is 17.0. The van der Waals surface area contributed by atoms with Crippen molar-refractivity contribution in [3.63, 3.8) is 0 Å². The van der Waals surface area contributed by atoms with E-state index in [0.29, 0.717) is 30.3 Å². The average Bonchev–Trinajstić information content (AvgIpc) is 3.30. The van der Waals surface area contributed by atoms with Crippen LogP contribution in [-0.2, 0) is 11.3 Å². The lowest BCUT2D eigenvalue weighted by molar-refractivity contribution is -0.140. The van der Waals surface area contributed by atoms with Crippen LogP contribution in [0, 0.1) is 5.95 Å². The van der Waals surface area contributed by atoms with Crippen LogP contribution in [0.4, 0.5) is 4.39 Å². The average molecular weight is 407 g/mol. The van der Waals surface area contributed by atoms with Gasteiger partial charge in [-0.1, -0.05) is 6.08 Å². The normalized spacial score (nSPS) is 23.2. The molecule has 2 atom stereocenters. The number of fused-ring (bicyclic) bond motifs is 2. The summed E-state index contributed by atoms with van der Waals surface area (Å²) in [6.45, 7) is 4.95. The Morgan fingerprint density at radius 1 is 1.23 bits per heavy atom. The van der Waals surface area contributed by atoms with Crippen molar-refractivity contribution in [1.29, 1.82) is 0 Å². The van der Waals surface area contributed by atoms with E-state index in [2.05, 4.69) is 15.2 Å². The molecule has 9 heteroatoms. The highest BCUT2D eigenvalue weighted by Crippen LogP contribution is 2.32. The first-order chi connectivity index (χ1) is 14.5. The van der Waals surface area contributed by atoms with Gasteiger partial charge in [-0.3, -0.25) is 9.80 Å². The van der Waals surface area contributed by atoms with Crippen LogP contribution in [0.2, 0.25) is 0 Å². The Morgan fingerprint density at radius 3 is 2.87 bits per heavy atom. The summed E-state index contributed by atoms with van der Waals surface area (Å²) in [5.74, 6) is 0.521. The minimum absolute atomic E-state index is 0.00899. The molecule has 30 heavy (non-hydrogen) atoms.